The number of rotatable bonds is 7. The van der Waals surface area contributed by atoms with Crippen LogP contribution in [0.2, 0.25) is 0 Å². The first-order valence-electron chi connectivity index (χ1n) is 13.5. The van der Waals surface area contributed by atoms with Crippen LogP contribution in [-0.2, 0) is 29.9 Å². The highest BCUT2D eigenvalue weighted by atomic mass is 19.4. The first-order chi connectivity index (χ1) is 19.7. The van der Waals surface area contributed by atoms with Crippen LogP contribution in [0.25, 0.3) is 11.2 Å². The molecule has 0 atom stereocenters. The zero-order chi connectivity index (χ0) is 30.1. The number of pyridine rings is 1. The summed E-state index contributed by atoms with van der Waals surface area (Å²) in [5, 5.41) is 11.3. The lowest BCUT2D eigenvalue weighted by molar-refractivity contribution is -0.354. The van der Waals surface area contributed by atoms with Gasteiger partial charge in [0.25, 0.3) is 0 Å². The SMILES string of the molecule is Cn1cnnc1[C@]1(c2cccc(-n3cc4c(C(F)(F)F)cc(CNC5(C)CCC5)cn4c3=O)c2)C[C@H](OC(F)(F)F)C1. The number of nitrogens with zero attached hydrogens (tertiary/aromatic N) is 5. The van der Waals surface area contributed by atoms with E-state index in [-0.39, 0.29) is 36.1 Å². The molecule has 42 heavy (non-hydrogen) atoms. The summed E-state index contributed by atoms with van der Waals surface area (Å²) in [5.74, 6) is 0.410. The Morgan fingerprint density at radius 2 is 1.83 bits per heavy atom. The third-order valence-electron chi connectivity index (χ3n) is 8.57. The van der Waals surface area contributed by atoms with Crippen molar-refractivity contribution in [1.29, 1.82) is 0 Å². The van der Waals surface area contributed by atoms with E-state index in [4.69, 9.17) is 0 Å². The minimum absolute atomic E-state index is 0.0529. The molecule has 6 rings (SSSR count). The molecule has 2 saturated carbocycles. The van der Waals surface area contributed by atoms with Gasteiger partial charge in [-0.25, -0.2) is 4.79 Å². The highest BCUT2D eigenvalue weighted by molar-refractivity contribution is 5.58. The summed E-state index contributed by atoms with van der Waals surface area (Å²) < 4.78 is 89.2. The van der Waals surface area contributed by atoms with E-state index in [0.717, 1.165) is 40.5 Å². The minimum atomic E-state index is -4.81. The number of imidazole rings is 1. The molecule has 0 unspecified atom stereocenters. The van der Waals surface area contributed by atoms with Gasteiger partial charge in [0.15, 0.2) is 0 Å². The standard InChI is InChI=1S/C28H28F6N6O2/c1-25(7-4-8-25)35-13-17-9-21(27(29,30)31)22-15-39(24(41)40(22)14-17)19-6-3-5-18(10-19)26(23-37-36-16-38(23)2)11-20(12-26)42-28(32,33)34/h3,5-6,9-10,14-16,20,35H,4,7-8,11-13H2,1-2H3/t20-,26+. The Labute approximate surface area is 235 Å². The Bertz CT molecular complexity index is 1690. The topological polar surface area (TPSA) is 78.4 Å². The van der Waals surface area contributed by atoms with Gasteiger partial charge in [-0.2, -0.15) is 13.2 Å². The lowest BCUT2D eigenvalue weighted by Crippen LogP contribution is -2.50. The molecule has 2 fully saturated rings. The third-order valence-corrected chi connectivity index (χ3v) is 8.57. The van der Waals surface area contributed by atoms with Crippen molar-refractivity contribution in [3.8, 4) is 5.69 Å². The first-order valence-corrected chi connectivity index (χ1v) is 13.5. The van der Waals surface area contributed by atoms with Crippen LogP contribution >= 0.6 is 0 Å². The van der Waals surface area contributed by atoms with E-state index in [0.29, 0.717) is 17.0 Å². The highest BCUT2D eigenvalue weighted by Crippen LogP contribution is 2.51. The Kier molecular flexibility index (Phi) is 6.57. The van der Waals surface area contributed by atoms with Gasteiger partial charge in [-0.15, -0.1) is 23.4 Å². The number of hydrogen-bond acceptors (Lipinski definition) is 5. The molecule has 0 amide bonds. The maximum absolute atomic E-state index is 14.2. The van der Waals surface area contributed by atoms with E-state index in [9.17, 15) is 31.1 Å². The Balaban J connectivity index is 1.41. The van der Waals surface area contributed by atoms with E-state index >= 15 is 0 Å². The molecule has 3 aromatic heterocycles. The van der Waals surface area contributed by atoms with Crippen molar-refractivity contribution in [3.05, 3.63) is 82.1 Å². The van der Waals surface area contributed by atoms with Gasteiger partial charge in [0.1, 0.15) is 12.2 Å². The predicted molar refractivity (Wildman–Crippen MR) is 139 cm³/mol. The Morgan fingerprint density at radius 3 is 2.43 bits per heavy atom. The Morgan fingerprint density at radius 1 is 1.10 bits per heavy atom. The van der Waals surface area contributed by atoms with Crippen LogP contribution in [0, 0.1) is 0 Å². The van der Waals surface area contributed by atoms with Crippen molar-refractivity contribution in [2.75, 3.05) is 0 Å². The molecule has 1 aromatic carbocycles. The smallest absolute Gasteiger partial charge is 0.320 e. The number of aromatic nitrogens is 5. The zero-order valence-corrected chi connectivity index (χ0v) is 22.8. The second-order valence-corrected chi connectivity index (χ2v) is 11.6. The van der Waals surface area contributed by atoms with E-state index in [1.807, 2.05) is 6.92 Å². The number of alkyl halides is 6. The molecule has 0 radical (unpaired) electrons. The van der Waals surface area contributed by atoms with Gasteiger partial charge < -0.3 is 9.88 Å². The second-order valence-electron chi connectivity index (χ2n) is 11.6. The number of aryl methyl sites for hydroxylation is 1. The fourth-order valence-electron chi connectivity index (χ4n) is 6.16. The Hall–Kier alpha value is -3.65. The quantitative estimate of drug-likeness (QED) is 0.296. The summed E-state index contributed by atoms with van der Waals surface area (Å²) in [4.78, 5) is 13.5. The van der Waals surface area contributed by atoms with Crippen LogP contribution in [0.15, 0.2) is 53.8 Å². The summed E-state index contributed by atoms with van der Waals surface area (Å²) in [5.41, 5.74) is -1.97. The normalized spacial score (nSPS) is 22.2. The molecular formula is C28H28F6N6O2. The molecule has 1 N–H and O–H groups in total. The summed E-state index contributed by atoms with van der Waals surface area (Å²) in [6, 6.07) is 7.50. The number of fused-ring (bicyclic) bond motifs is 1. The van der Waals surface area contributed by atoms with Gasteiger partial charge in [-0.1, -0.05) is 12.1 Å². The van der Waals surface area contributed by atoms with E-state index in [1.165, 1.54) is 12.5 Å². The number of ether oxygens (including phenoxy) is 1. The average molecular weight is 595 g/mol. The van der Waals surface area contributed by atoms with Crippen LogP contribution in [0.1, 0.15) is 61.5 Å². The van der Waals surface area contributed by atoms with Gasteiger partial charge >= 0.3 is 18.2 Å². The lowest BCUT2D eigenvalue weighted by atomic mass is 9.62. The zero-order valence-electron chi connectivity index (χ0n) is 22.8. The summed E-state index contributed by atoms with van der Waals surface area (Å²) in [7, 11) is 1.67. The van der Waals surface area contributed by atoms with Crippen molar-refractivity contribution in [1.82, 2.24) is 29.0 Å². The number of benzene rings is 1. The van der Waals surface area contributed by atoms with Gasteiger partial charge in [0.2, 0.25) is 0 Å². The minimum Gasteiger partial charge on any atom is -0.320 e. The van der Waals surface area contributed by atoms with Crippen LogP contribution < -0.4 is 11.0 Å². The van der Waals surface area contributed by atoms with Crippen molar-refractivity contribution in [2.24, 2.45) is 7.05 Å². The third kappa shape index (κ3) is 5.00. The molecule has 2 aliphatic carbocycles. The lowest BCUT2D eigenvalue weighted by Gasteiger charge is -2.46. The van der Waals surface area contributed by atoms with Gasteiger partial charge in [-0.3, -0.25) is 13.7 Å². The fraction of sp³-hybridized carbons (Fsp3) is 0.464. The van der Waals surface area contributed by atoms with E-state index < -0.39 is 35.3 Å². The molecule has 224 valence electrons. The van der Waals surface area contributed by atoms with Crippen molar-refractivity contribution in [2.45, 2.75) is 75.2 Å². The fourth-order valence-corrected chi connectivity index (χ4v) is 6.16. The average Bonchev–Trinajstić information content (AvgIpc) is 3.45. The maximum atomic E-state index is 14.2. The molecule has 2 aliphatic rings. The maximum Gasteiger partial charge on any atom is 0.522 e. The van der Waals surface area contributed by atoms with E-state index in [1.54, 1.807) is 35.9 Å². The summed E-state index contributed by atoms with van der Waals surface area (Å²) in [6.07, 6.45) is -3.87. The predicted octanol–water partition coefficient (Wildman–Crippen LogP) is 5.25. The summed E-state index contributed by atoms with van der Waals surface area (Å²) in [6.45, 7) is 2.19. The van der Waals surface area contributed by atoms with E-state index in [2.05, 4.69) is 20.3 Å². The molecule has 4 aromatic rings. The monoisotopic (exact) mass is 594 g/mol. The number of hydrogen-bond donors (Lipinski definition) is 1. The first kappa shape index (κ1) is 28.5. The summed E-state index contributed by atoms with van der Waals surface area (Å²) >= 11 is 0. The van der Waals surface area contributed by atoms with Crippen molar-refractivity contribution >= 4 is 5.52 Å². The van der Waals surface area contributed by atoms with Gasteiger partial charge in [-0.05, 0) is 68.4 Å². The molecule has 0 bridgehead atoms. The highest BCUT2D eigenvalue weighted by Gasteiger charge is 2.53. The van der Waals surface area contributed by atoms with Crippen LogP contribution in [-0.4, -0.2) is 41.7 Å². The number of nitrogens with one attached hydrogen (secondary N) is 1. The molecule has 14 heteroatoms. The van der Waals surface area contributed by atoms with Crippen LogP contribution in [0.5, 0.6) is 0 Å². The van der Waals surface area contributed by atoms with Gasteiger partial charge in [0.05, 0.1) is 28.3 Å². The second kappa shape index (κ2) is 9.69. The molecular weight excluding hydrogens is 566 g/mol. The molecule has 8 nitrogen and oxygen atoms in total. The van der Waals surface area contributed by atoms with Crippen molar-refractivity contribution < 1.29 is 31.1 Å². The molecule has 3 heterocycles. The van der Waals surface area contributed by atoms with Crippen LogP contribution in [0.3, 0.4) is 0 Å². The molecule has 0 aliphatic heterocycles. The van der Waals surface area contributed by atoms with Crippen LogP contribution in [0.4, 0.5) is 26.3 Å². The van der Waals surface area contributed by atoms with Crippen molar-refractivity contribution in [3.63, 3.8) is 0 Å². The van der Waals surface area contributed by atoms with Gasteiger partial charge in [0, 0.05) is 31.5 Å². The number of halogens is 6. The largest absolute Gasteiger partial charge is 0.522 e. The molecule has 0 spiro atoms. The molecule has 0 saturated heterocycles.